The lowest BCUT2D eigenvalue weighted by Crippen LogP contribution is -2.36. The van der Waals surface area contributed by atoms with E-state index in [-0.39, 0.29) is 5.91 Å². The quantitative estimate of drug-likeness (QED) is 0.779. The molecule has 1 aromatic carbocycles. The third-order valence-corrected chi connectivity index (χ3v) is 3.86. The van der Waals surface area contributed by atoms with Gasteiger partial charge in [0, 0.05) is 0 Å². The lowest BCUT2D eigenvalue weighted by Gasteiger charge is -2.23. The van der Waals surface area contributed by atoms with Crippen LogP contribution in [0.1, 0.15) is 25.0 Å². The van der Waals surface area contributed by atoms with Crippen LogP contribution in [0.4, 0.5) is 5.69 Å². The molecule has 0 fully saturated rings. The molecule has 0 aliphatic carbocycles. The molecule has 0 heterocycles. The Hall–Kier alpha value is -0.870. The number of aryl methyl sites for hydroxylation is 2. The molecule has 18 heavy (non-hydrogen) atoms. The smallest absolute Gasteiger partial charge is 0.251 e. The number of halogens is 1. The predicted molar refractivity (Wildman–Crippen MR) is 80.1 cm³/mol. The first-order chi connectivity index (χ1) is 8.51. The molecule has 1 aromatic rings. The monoisotopic (exact) mass is 312 g/mol. The van der Waals surface area contributed by atoms with Crippen LogP contribution < -0.4 is 3.93 Å². The van der Waals surface area contributed by atoms with Crippen molar-refractivity contribution >= 4 is 27.7 Å². The Morgan fingerprint density at radius 3 is 2.11 bits per heavy atom. The van der Waals surface area contributed by atoms with E-state index >= 15 is 0 Å². The highest BCUT2D eigenvalue weighted by molar-refractivity contribution is 9.10. The van der Waals surface area contributed by atoms with Gasteiger partial charge in [0.15, 0.2) is 0 Å². The van der Waals surface area contributed by atoms with Crippen LogP contribution in [-0.2, 0) is 4.79 Å². The summed E-state index contributed by atoms with van der Waals surface area (Å²) in [6, 6.07) is 6.03. The van der Waals surface area contributed by atoms with Crippen molar-refractivity contribution in [2.24, 2.45) is 0 Å². The molecule has 0 spiro atoms. The number of para-hydroxylation sites is 1. The number of carbonyl (C=O) groups is 1. The minimum Gasteiger partial charge on any atom is -0.295 e. The SMILES string of the molecule is CCN(CC)CC(=O)N(Br)c1c(C)cccc1C. The molecule has 0 saturated heterocycles. The van der Waals surface area contributed by atoms with E-state index in [1.807, 2.05) is 32.0 Å². The molecule has 0 aromatic heterocycles. The van der Waals surface area contributed by atoms with Gasteiger partial charge in [-0.15, -0.1) is 0 Å². The van der Waals surface area contributed by atoms with Gasteiger partial charge in [0.2, 0.25) is 0 Å². The first-order valence-electron chi connectivity index (χ1n) is 6.28. The number of nitrogens with zero attached hydrogens (tertiary/aromatic N) is 2. The molecule has 0 aliphatic rings. The molecule has 0 N–H and O–H groups in total. The fraction of sp³-hybridized carbons (Fsp3) is 0.500. The van der Waals surface area contributed by atoms with Crippen LogP contribution >= 0.6 is 16.1 Å². The van der Waals surface area contributed by atoms with Gasteiger partial charge in [0.1, 0.15) is 0 Å². The summed E-state index contributed by atoms with van der Waals surface area (Å²) in [5.41, 5.74) is 3.15. The Balaban J connectivity index is 2.87. The Labute approximate surface area is 118 Å². The van der Waals surface area contributed by atoms with Crippen molar-refractivity contribution in [2.75, 3.05) is 23.6 Å². The summed E-state index contributed by atoms with van der Waals surface area (Å²) in [4.78, 5) is 14.3. The van der Waals surface area contributed by atoms with Gasteiger partial charge in [-0.25, -0.2) is 3.93 Å². The third kappa shape index (κ3) is 3.56. The van der Waals surface area contributed by atoms with Crippen LogP contribution in [0.25, 0.3) is 0 Å². The maximum Gasteiger partial charge on any atom is 0.251 e. The predicted octanol–water partition coefficient (Wildman–Crippen LogP) is 3.29. The number of anilines is 1. The molecule has 0 radical (unpaired) electrons. The zero-order valence-corrected chi connectivity index (χ0v) is 13.1. The van der Waals surface area contributed by atoms with Crippen molar-refractivity contribution in [3.8, 4) is 0 Å². The average molecular weight is 313 g/mol. The average Bonchev–Trinajstić information content (AvgIpc) is 2.35. The van der Waals surface area contributed by atoms with E-state index < -0.39 is 0 Å². The van der Waals surface area contributed by atoms with E-state index in [4.69, 9.17) is 0 Å². The Bertz CT molecular complexity index is 396. The first kappa shape index (κ1) is 15.2. The Kier molecular flexibility index (Phi) is 5.82. The molecule has 3 nitrogen and oxygen atoms in total. The maximum atomic E-state index is 12.2. The molecule has 0 saturated carbocycles. The van der Waals surface area contributed by atoms with Crippen LogP contribution in [0, 0.1) is 13.8 Å². The second-order valence-corrected chi connectivity index (χ2v) is 5.09. The highest BCUT2D eigenvalue weighted by Gasteiger charge is 2.18. The van der Waals surface area contributed by atoms with E-state index in [0.717, 1.165) is 29.9 Å². The summed E-state index contributed by atoms with van der Waals surface area (Å²) in [6.45, 7) is 10.4. The van der Waals surface area contributed by atoms with Crippen LogP contribution in [0.2, 0.25) is 0 Å². The second kappa shape index (κ2) is 6.90. The summed E-state index contributed by atoms with van der Waals surface area (Å²) >= 11 is 3.40. The van der Waals surface area contributed by atoms with E-state index in [0.29, 0.717) is 6.54 Å². The van der Waals surface area contributed by atoms with Gasteiger partial charge in [-0.1, -0.05) is 32.0 Å². The molecule has 0 aliphatic heterocycles. The minimum atomic E-state index is 0.0658. The largest absolute Gasteiger partial charge is 0.295 e. The van der Waals surface area contributed by atoms with E-state index in [1.165, 1.54) is 0 Å². The third-order valence-electron chi connectivity index (χ3n) is 3.11. The van der Waals surface area contributed by atoms with Crippen LogP contribution in [-0.4, -0.2) is 30.4 Å². The van der Waals surface area contributed by atoms with E-state index in [2.05, 4.69) is 34.9 Å². The van der Waals surface area contributed by atoms with Gasteiger partial charge in [-0.2, -0.15) is 0 Å². The summed E-state index contributed by atoms with van der Waals surface area (Å²) in [5.74, 6) is 0.0658. The van der Waals surface area contributed by atoms with Gasteiger partial charge in [-0.3, -0.25) is 9.69 Å². The van der Waals surface area contributed by atoms with Gasteiger partial charge in [-0.05, 0) is 38.1 Å². The summed E-state index contributed by atoms with van der Waals surface area (Å²) < 4.78 is 1.59. The molecule has 100 valence electrons. The molecular formula is C14H21BrN2O. The van der Waals surface area contributed by atoms with Gasteiger partial charge in [0.25, 0.3) is 5.91 Å². The van der Waals surface area contributed by atoms with Gasteiger partial charge >= 0.3 is 0 Å². The molecule has 4 heteroatoms. The normalized spacial score (nSPS) is 10.8. The lowest BCUT2D eigenvalue weighted by atomic mass is 10.1. The lowest BCUT2D eigenvalue weighted by molar-refractivity contribution is -0.118. The summed E-state index contributed by atoms with van der Waals surface area (Å²) in [7, 11) is 0. The number of likely N-dealkylation sites (N-methyl/N-ethyl adjacent to an activating group) is 1. The van der Waals surface area contributed by atoms with Crippen LogP contribution in [0.15, 0.2) is 18.2 Å². The fourth-order valence-corrected chi connectivity index (χ4v) is 2.61. The standard InChI is InChI=1S/C14H21BrN2O/c1-5-16(6-2)10-13(18)17(15)14-11(3)8-7-9-12(14)4/h7-9H,5-6,10H2,1-4H3. The number of amides is 1. The molecule has 0 bridgehead atoms. The van der Waals surface area contributed by atoms with E-state index in [9.17, 15) is 4.79 Å². The minimum absolute atomic E-state index is 0.0658. The fourth-order valence-electron chi connectivity index (χ4n) is 1.94. The number of carbonyl (C=O) groups excluding carboxylic acids is 1. The van der Waals surface area contributed by atoms with Crippen molar-refractivity contribution in [3.63, 3.8) is 0 Å². The number of rotatable bonds is 5. The summed E-state index contributed by atoms with van der Waals surface area (Å²) in [6.07, 6.45) is 0. The van der Waals surface area contributed by atoms with Crippen LogP contribution in [0.5, 0.6) is 0 Å². The topological polar surface area (TPSA) is 23.6 Å². The molecule has 1 amide bonds. The van der Waals surface area contributed by atoms with E-state index in [1.54, 1.807) is 3.93 Å². The zero-order valence-electron chi connectivity index (χ0n) is 11.5. The highest BCUT2D eigenvalue weighted by atomic mass is 79.9. The molecular weight excluding hydrogens is 292 g/mol. The molecule has 0 unspecified atom stereocenters. The Morgan fingerprint density at radius 2 is 1.67 bits per heavy atom. The van der Waals surface area contributed by atoms with Crippen molar-refractivity contribution < 1.29 is 4.79 Å². The maximum absolute atomic E-state index is 12.2. The first-order valence-corrected chi connectivity index (χ1v) is 6.99. The highest BCUT2D eigenvalue weighted by Crippen LogP contribution is 2.27. The summed E-state index contributed by atoms with van der Waals surface area (Å²) in [5, 5.41) is 0. The molecule has 0 atom stereocenters. The van der Waals surface area contributed by atoms with Crippen molar-refractivity contribution in [3.05, 3.63) is 29.3 Å². The van der Waals surface area contributed by atoms with Crippen LogP contribution in [0.3, 0.4) is 0 Å². The van der Waals surface area contributed by atoms with Crippen molar-refractivity contribution in [1.82, 2.24) is 4.90 Å². The van der Waals surface area contributed by atoms with Gasteiger partial charge < -0.3 is 0 Å². The van der Waals surface area contributed by atoms with Gasteiger partial charge in [0.05, 0.1) is 28.4 Å². The number of hydrogen-bond donors (Lipinski definition) is 0. The second-order valence-electron chi connectivity index (χ2n) is 4.38. The van der Waals surface area contributed by atoms with Crippen molar-refractivity contribution in [2.45, 2.75) is 27.7 Å². The zero-order chi connectivity index (χ0) is 13.7. The molecule has 1 rings (SSSR count). The van der Waals surface area contributed by atoms with Crippen molar-refractivity contribution in [1.29, 1.82) is 0 Å². The Morgan fingerprint density at radius 1 is 1.17 bits per heavy atom. The number of hydrogen-bond acceptors (Lipinski definition) is 2. The number of benzene rings is 1.